The summed E-state index contributed by atoms with van der Waals surface area (Å²) < 4.78 is 0. The van der Waals surface area contributed by atoms with Gasteiger partial charge in [0, 0.05) is 10.3 Å². The Bertz CT molecular complexity index is 825. The molecule has 6 nitrogen and oxygen atoms in total. The number of nitrogens with zero attached hydrogens (tertiary/aromatic N) is 3. The maximum Gasteiger partial charge on any atom is 0.355 e. The Morgan fingerprint density at radius 1 is 1.38 bits per heavy atom. The maximum absolute atomic E-state index is 10.8. The second kappa shape index (κ2) is 5.38. The molecule has 0 bridgehead atoms. The monoisotopic (exact) mass is 320 g/mol. The van der Waals surface area contributed by atoms with E-state index in [1.54, 1.807) is 11.3 Å². The molecule has 0 amide bonds. The quantitative estimate of drug-likeness (QED) is 0.768. The summed E-state index contributed by atoms with van der Waals surface area (Å²) >= 11 is 2.96. The third kappa shape index (κ3) is 2.59. The summed E-state index contributed by atoms with van der Waals surface area (Å²) in [5, 5.41) is 15.4. The van der Waals surface area contributed by atoms with E-state index in [0.717, 1.165) is 16.0 Å². The molecule has 0 aliphatic heterocycles. The number of thiazole rings is 1. The minimum absolute atomic E-state index is 0.0761. The van der Waals surface area contributed by atoms with Crippen LogP contribution in [0.15, 0.2) is 11.7 Å². The van der Waals surface area contributed by atoms with Crippen LogP contribution in [0.1, 0.15) is 25.9 Å². The molecule has 21 heavy (non-hydrogen) atoms. The SMILES string of the molecule is Cc1sc2ncnc(NCc3nc(C(=O)O)cs3)c2c1C. The van der Waals surface area contributed by atoms with Crippen molar-refractivity contribution in [3.8, 4) is 0 Å². The van der Waals surface area contributed by atoms with Gasteiger partial charge in [0.25, 0.3) is 0 Å². The average Bonchev–Trinajstić information content (AvgIpc) is 3.03. The standard InChI is InChI=1S/C13H12N4O2S2/c1-6-7(2)21-12-10(6)11(15-5-16-12)14-3-9-17-8(4-20-9)13(18)19/h4-5H,3H2,1-2H3,(H,18,19)(H,14,15,16). The molecule has 0 aliphatic rings. The van der Waals surface area contributed by atoms with E-state index in [2.05, 4.69) is 34.1 Å². The molecule has 0 saturated carbocycles. The van der Waals surface area contributed by atoms with Crippen molar-refractivity contribution in [2.45, 2.75) is 20.4 Å². The molecule has 108 valence electrons. The number of rotatable bonds is 4. The highest BCUT2D eigenvalue weighted by atomic mass is 32.1. The van der Waals surface area contributed by atoms with Gasteiger partial charge in [-0.25, -0.2) is 19.7 Å². The second-order valence-corrected chi connectivity index (χ2v) is 6.62. The number of carbonyl (C=O) groups is 1. The lowest BCUT2D eigenvalue weighted by molar-refractivity contribution is 0.0691. The van der Waals surface area contributed by atoms with Crippen molar-refractivity contribution in [2.24, 2.45) is 0 Å². The van der Waals surface area contributed by atoms with Gasteiger partial charge in [0.15, 0.2) is 5.69 Å². The van der Waals surface area contributed by atoms with Crippen molar-refractivity contribution in [1.29, 1.82) is 0 Å². The van der Waals surface area contributed by atoms with Gasteiger partial charge < -0.3 is 10.4 Å². The fraction of sp³-hybridized carbons (Fsp3) is 0.231. The highest BCUT2D eigenvalue weighted by Crippen LogP contribution is 2.32. The first-order valence-electron chi connectivity index (χ1n) is 6.18. The summed E-state index contributed by atoms with van der Waals surface area (Å²) in [6.07, 6.45) is 1.53. The first-order chi connectivity index (χ1) is 10.1. The normalized spacial score (nSPS) is 11.0. The Hall–Kier alpha value is -2.06. The zero-order chi connectivity index (χ0) is 15.0. The van der Waals surface area contributed by atoms with Gasteiger partial charge in [-0.05, 0) is 19.4 Å². The Kier molecular flexibility index (Phi) is 3.56. The molecule has 3 aromatic heterocycles. The van der Waals surface area contributed by atoms with E-state index in [9.17, 15) is 4.79 Å². The number of aromatic nitrogens is 3. The minimum atomic E-state index is -1.01. The lowest BCUT2D eigenvalue weighted by Crippen LogP contribution is -2.03. The van der Waals surface area contributed by atoms with Crippen LogP contribution in [-0.4, -0.2) is 26.0 Å². The van der Waals surface area contributed by atoms with Crippen LogP contribution >= 0.6 is 22.7 Å². The fourth-order valence-corrected chi connectivity index (χ4v) is 3.67. The van der Waals surface area contributed by atoms with Gasteiger partial charge in [-0.2, -0.15) is 0 Å². The van der Waals surface area contributed by atoms with E-state index in [1.807, 2.05) is 0 Å². The number of anilines is 1. The molecular formula is C13H12N4O2S2. The molecular weight excluding hydrogens is 308 g/mol. The number of hydrogen-bond donors (Lipinski definition) is 2. The highest BCUT2D eigenvalue weighted by molar-refractivity contribution is 7.18. The Balaban J connectivity index is 1.86. The summed E-state index contributed by atoms with van der Waals surface area (Å²) in [5.41, 5.74) is 1.25. The van der Waals surface area contributed by atoms with Crippen molar-refractivity contribution in [3.63, 3.8) is 0 Å². The van der Waals surface area contributed by atoms with Gasteiger partial charge in [0.2, 0.25) is 0 Å². The molecule has 0 saturated heterocycles. The zero-order valence-electron chi connectivity index (χ0n) is 11.4. The summed E-state index contributed by atoms with van der Waals surface area (Å²) in [5.74, 6) is -0.250. The molecule has 0 atom stereocenters. The molecule has 0 fully saturated rings. The summed E-state index contributed by atoms with van der Waals surface area (Å²) in [7, 11) is 0. The van der Waals surface area contributed by atoms with E-state index < -0.39 is 5.97 Å². The van der Waals surface area contributed by atoms with Gasteiger partial charge in [-0.15, -0.1) is 22.7 Å². The van der Waals surface area contributed by atoms with E-state index in [-0.39, 0.29) is 5.69 Å². The van der Waals surface area contributed by atoms with E-state index in [0.29, 0.717) is 11.6 Å². The molecule has 0 aromatic carbocycles. The van der Waals surface area contributed by atoms with Crippen LogP contribution in [0.2, 0.25) is 0 Å². The van der Waals surface area contributed by atoms with E-state index in [1.165, 1.54) is 33.5 Å². The van der Waals surface area contributed by atoms with E-state index >= 15 is 0 Å². The molecule has 0 spiro atoms. The van der Waals surface area contributed by atoms with Gasteiger partial charge in [0.05, 0.1) is 11.9 Å². The smallest absolute Gasteiger partial charge is 0.355 e. The van der Waals surface area contributed by atoms with Crippen LogP contribution in [0, 0.1) is 13.8 Å². The highest BCUT2D eigenvalue weighted by Gasteiger charge is 2.13. The predicted molar refractivity (Wildman–Crippen MR) is 83.3 cm³/mol. The molecule has 3 heterocycles. The van der Waals surface area contributed by atoms with Gasteiger partial charge in [0.1, 0.15) is 22.0 Å². The van der Waals surface area contributed by atoms with Crippen LogP contribution in [0.4, 0.5) is 5.82 Å². The number of nitrogens with one attached hydrogen (secondary N) is 1. The van der Waals surface area contributed by atoms with Gasteiger partial charge in [-0.3, -0.25) is 0 Å². The molecule has 0 aliphatic carbocycles. The predicted octanol–water partition coefficient (Wildman–Crippen LogP) is 3.07. The topological polar surface area (TPSA) is 88.0 Å². The summed E-state index contributed by atoms with van der Waals surface area (Å²) in [4.78, 5) is 25.6. The second-order valence-electron chi connectivity index (χ2n) is 4.47. The van der Waals surface area contributed by atoms with Crippen molar-refractivity contribution in [3.05, 3.63) is 32.8 Å². The zero-order valence-corrected chi connectivity index (χ0v) is 13.0. The maximum atomic E-state index is 10.8. The number of thiophene rings is 1. The Morgan fingerprint density at radius 3 is 2.90 bits per heavy atom. The minimum Gasteiger partial charge on any atom is -0.476 e. The average molecular weight is 320 g/mol. The largest absolute Gasteiger partial charge is 0.476 e. The summed E-state index contributed by atoms with van der Waals surface area (Å²) in [6, 6.07) is 0. The molecule has 2 N–H and O–H groups in total. The van der Waals surface area contributed by atoms with E-state index in [4.69, 9.17) is 5.11 Å². The molecule has 8 heteroatoms. The van der Waals surface area contributed by atoms with Crippen LogP contribution in [0.3, 0.4) is 0 Å². The van der Waals surface area contributed by atoms with Crippen LogP contribution in [0.5, 0.6) is 0 Å². The summed E-state index contributed by atoms with van der Waals surface area (Å²) in [6.45, 7) is 4.55. The number of carboxylic acids is 1. The van der Waals surface area contributed by atoms with Crippen molar-refractivity contribution in [2.75, 3.05) is 5.32 Å². The van der Waals surface area contributed by atoms with Gasteiger partial charge >= 0.3 is 5.97 Å². The third-order valence-corrected chi connectivity index (χ3v) is 5.11. The number of carboxylic acid groups (broad SMARTS) is 1. The fourth-order valence-electron chi connectivity index (χ4n) is 1.97. The van der Waals surface area contributed by atoms with Crippen molar-refractivity contribution < 1.29 is 9.90 Å². The lowest BCUT2D eigenvalue weighted by Gasteiger charge is -2.05. The third-order valence-electron chi connectivity index (χ3n) is 3.14. The van der Waals surface area contributed by atoms with Crippen molar-refractivity contribution >= 4 is 44.7 Å². The Labute approximate surface area is 128 Å². The number of hydrogen-bond acceptors (Lipinski definition) is 7. The van der Waals surface area contributed by atoms with Crippen LogP contribution in [0.25, 0.3) is 10.2 Å². The first kappa shape index (κ1) is 13.9. The molecule has 0 radical (unpaired) electrons. The lowest BCUT2D eigenvalue weighted by atomic mass is 10.2. The Morgan fingerprint density at radius 2 is 2.19 bits per heavy atom. The van der Waals surface area contributed by atoms with Crippen LogP contribution < -0.4 is 5.32 Å². The first-order valence-corrected chi connectivity index (χ1v) is 7.88. The van der Waals surface area contributed by atoms with Crippen molar-refractivity contribution in [1.82, 2.24) is 15.0 Å². The van der Waals surface area contributed by atoms with Crippen LogP contribution in [-0.2, 0) is 6.54 Å². The number of aryl methyl sites for hydroxylation is 2. The number of fused-ring (bicyclic) bond motifs is 1. The molecule has 3 aromatic rings. The molecule has 0 unspecified atom stereocenters. The molecule has 3 rings (SSSR count). The van der Waals surface area contributed by atoms with Gasteiger partial charge in [-0.1, -0.05) is 0 Å². The number of aromatic carboxylic acids is 1.